The van der Waals surface area contributed by atoms with Crippen LogP contribution in [0.25, 0.3) is 11.1 Å². The fraction of sp³-hybridized carbons (Fsp3) is 0.294. The molecule has 0 bridgehead atoms. The molecule has 1 unspecified atom stereocenters. The molecular weight excluding hydrogens is 454 g/mol. The van der Waals surface area contributed by atoms with Crippen molar-refractivity contribution in [3.63, 3.8) is 0 Å². The van der Waals surface area contributed by atoms with Crippen LogP contribution in [0.1, 0.15) is 0 Å². The molecule has 0 amide bonds. The standard InChI is InChI=1S/C17H12F10N2O2/c18-13(31-17(26,27)15(21,22)16(23,24)25)14(19,20)30-12-7-10(29)5-6-11(12)8-1-3-9(28)4-2-8/h1-7,13H,28-29H2. The summed E-state index contributed by atoms with van der Waals surface area (Å²) in [4.78, 5) is 0. The zero-order valence-electron chi connectivity index (χ0n) is 14.9. The van der Waals surface area contributed by atoms with Gasteiger partial charge in [-0.2, -0.15) is 39.5 Å². The molecule has 2 aromatic carbocycles. The van der Waals surface area contributed by atoms with E-state index in [-0.39, 0.29) is 22.5 Å². The van der Waals surface area contributed by atoms with Crippen LogP contribution >= 0.6 is 0 Å². The summed E-state index contributed by atoms with van der Waals surface area (Å²) in [5, 5.41) is 0. The molecule has 4 nitrogen and oxygen atoms in total. The topological polar surface area (TPSA) is 70.5 Å². The molecule has 0 heterocycles. The van der Waals surface area contributed by atoms with E-state index in [0.29, 0.717) is 0 Å². The zero-order chi connectivity index (χ0) is 23.8. The van der Waals surface area contributed by atoms with E-state index >= 15 is 0 Å². The lowest BCUT2D eigenvalue weighted by atomic mass is 10.0. The normalized spacial score (nSPS) is 14.4. The van der Waals surface area contributed by atoms with E-state index in [0.717, 1.165) is 12.1 Å². The Balaban J connectivity index is 2.33. The Bertz CT molecular complexity index is 916. The number of ether oxygens (including phenoxy) is 2. The highest BCUT2D eigenvalue weighted by atomic mass is 19.4. The first kappa shape index (κ1) is 24.4. The molecule has 0 saturated carbocycles. The molecule has 0 aliphatic rings. The molecule has 0 spiro atoms. The van der Waals surface area contributed by atoms with Crippen molar-refractivity contribution in [1.29, 1.82) is 0 Å². The Kier molecular flexibility index (Phi) is 6.27. The average molecular weight is 466 g/mol. The summed E-state index contributed by atoms with van der Waals surface area (Å²) >= 11 is 0. The highest BCUT2D eigenvalue weighted by Gasteiger charge is 2.76. The molecule has 2 aromatic rings. The van der Waals surface area contributed by atoms with Crippen LogP contribution in [0.5, 0.6) is 5.75 Å². The van der Waals surface area contributed by atoms with Crippen molar-refractivity contribution in [3.05, 3.63) is 42.5 Å². The van der Waals surface area contributed by atoms with Gasteiger partial charge in [-0.25, -0.2) is 4.39 Å². The van der Waals surface area contributed by atoms with Gasteiger partial charge in [-0.05, 0) is 29.8 Å². The van der Waals surface area contributed by atoms with E-state index in [4.69, 9.17) is 11.5 Å². The molecule has 172 valence electrons. The number of alkyl halides is 10. The van der Waals surface area contributed by atoms with E-state index in [1.807, 2.05) is 0 Å². The Morgan fingerprint density at radius 3 is 1.77 bits per heavy atom. The number of nitrogens with two attached hydrogens (primary N) is 2. The van der Waals surface area contributed by atoms with E-state index in [2.05, 4.69) is 9.47 Å². The summed E-state index contributed by atoms with van der Waals surface area (Å²) in [7, 11) is 0. The second-order valence-corrected chi connectivity index (χ2v) is 6.06. The minimum atomic E-state index is -6.97. The Labute approximate surface area is 167 Å². The Morgan fingerprint density at radius 2 is 1.26 bits per heavy atom. The zero-order valence-corrected chi connectivity index (χ0v) is 14.9. The lowest BCUT2D eigenvalue weighted by Gasteiger charge is -2.30. The molecule has 0 aliphatic carbocycles. The van der Waals surface area contributed by atoms with Gasteiger partial charge in [0.1, 0.15) is 5.75 Å². The second kappa shape index (κ2) is 7.98. The lowest BCUT2D eigenvalue weighted by Crippen LogP contribution is -2.56. The van der Waals surface area contributed by atoms with Gasteiger partial charge in [-0.3, -0.25) is 4.74 Å². The Hall–Kier alpha value is -2.90. The van der Waals surface area contributed by atoms with Crippen LogP contribution < -0.4 is 16.2 Å². The summed E-state index contributed by atoms with van der Waals surface area (Å²) in [5.41, 5.74) is 10.9. The van der Waals surface area contributed by atoms with Gasteiger partial charge in [0.05, 0.1) is 0 Å². The van der Waals surface area contributed by atoms with Crippen LogP contribution in [0.4, 0.5) is 55.3 Å². The van der Waals surface area contributed by atoms with Crippen LogP contribution in [-0.2, 0) is 4.74 Å². The maximum atomic E-state index is 14.0. The molecule has 14 heteroatoms. The summed E-state index contributed by atoms with van der Waals surface area (Å²) in [6.07, 6.45) is -23.7. The van der Waals surface area contributed by atoms with E-state index in [9.17, 15) is 43.9 Å². The van der Waals surface area contributed by atoms with Gasteiger partial charge in [0, 0.05) is 23.0 Å². The van der Waals surface area contributed by atoms with Crippen LogP contribution in [-0.4, -0.2) is 30.7 Å². The third kappa shape index (κ3) is 5.06. The van der Waals surface area contributed by atoms with Crippen molar-refractivity contribution >= 4 is 11.4 Å². The number of hydrogen-bond donors (Lipinski definition) is 2. The first-order chi connectivity index (χ1) is 14.0. The summed E-state index contributed by atoms with van der Waals surface area (Å²) in [5.74, 6) is -7.88. The van der Waals surface area contributed by atoms with Crippen LogP contribution in [0.3, 0.4) is 0 Å². The van der Waals surface area contributed by atoms with Crippen molar-refractivity contribution in [2.24, 2.45) is 0 Å². The van der Waals surface area contributed by atoms with E-state index in [1.54, 1.807) is 0 Å². The number of halogens is 10. The molecule has 0 radical (unpaired) electrons. The fourth-order valence-corrected chi connectivity index (χ4v) is 2.16. The number of hydrogen-bond acceptors (Lipinski definition) is 4. The molecule has 0 fully saturated rings. The Morgan fingerprint density at radius 1 is 0.742 bits per heavy atom. The lowest BCUT2D eigenvalue weighted by molar-refractivity contribution is -0.459. The predicted molar refractivity (Wildman–Crippen MR) is 88.2 cm³/mol. The molecule has 0 aromatic heterocycles. The number of rotatable bonds is 7. The first-order valence-corrected chi connectivity index (χ1v) is 7.94. The van der Waals surface area contributed by atoms with Gasteiger partial charge >= 0.3 is 30.7 Å². The molecule has 0 saturated heterocycles. The smallest absolute Gasteiger partial charge is 0.428 e. The highest BCUT2D eigenvalue weighted by molar-refractivity contribution is 5.74. The van der Waals surface area contributed by atoms with Crippen molar-refractivity contribution in [2.45, 2.75) is 30.7 Å². The van der Waals surface area contributed by atoms with Gasteiger partial charge in [0.25, 0.3) is 0 Å². The largest absolute Gasteiger partial charge is 0.462 e. The van der Waals surface area contributed by atoms with Gasteiger partial charge in [-0.1, -0.05) is 12.1 Å². The molecular formula is C17H12F10N2O2. The maximum absolute atomic E-state index is 14.0. The number of nitrogen functional groups attached to an aromatic ring is 2. The highest BCUT2D eigenvalue weighted by Crippen LogP contribution is 2.48. The molecule has 0 aliphatic heterocycles. The van der Waals surface area contributed by atoms with E-state index in [1.165, 1.54) is 30.3 Å². The van der Waals surface area contributed by atoms with Gasteiger partial charge in [0.15, 0.2) is 0 Å². The van der Waals surface area contributed by atoms with Crippen LogP contribution in [0, 0.1) is 0 Å². The summed E-state index contributed by atoms with van der Waals surface area (Å²) < 4.78 is 136. The molecule has 1 atom stereocenters. The van der Waals surface area contributed by atoms with E-state index < -0.39 is 36.4 Å². The summed E-state index contributed by atoms with van der Waals surface area (Å²) in [6.45, 7) is 0. The third-order valence-corrected chi connectivity index (χ3v) is 3.71. The van der Waals surface area contributed by atoms with Gasteiger partial charge in [-0.15, -0.1) is 0 Å². The van der Waals surface area contributed by atoms with Crippen LogP contribution in [0.2, 0.25) is 0 Å². The molecule has 31 heavy (non-hydrogen) atoms. The van der Waals surface area contributed by atoms with Crippen molar-refractivity contribution in [3.8, 4) is 16.9 Å². The molecule has 2 rings (SSSR count). The third-order valence-electron chi connectivity index (χ3n) is 3.71. The SMILES string of the molecule is Nc1ccc(-c2ccc(N)cc2OC(F)(F)C(F)OC(F)(F)C(F)(F)C(F)(F)F)cc1. The maximum Gasteiger partial charge on any atom is 0.462 e. The van der Waals surface area contributed by atoms with Crippen LogP contribution in [0.15, 0.2) is 42.5 Å². The second-order valence-electron chi connectivity index (χ2n) is 6.06. The van der Waals surface area contributed by atoms with Crippen molar-refractivity contribution < 1.29 is 53.4 Å². The fourth-order valence-electron chi connectivity index (χ4n) is 2.16. The van der Waals surface area contributed by atoms with Gasteiger partial charge in [0.2, 0.25) is 0 Å². The number of benzene rings is 2. The first-order valence-electron chi connectivity index (χ1n) is 7.94. The number of anilines is 2. The monoisotopic (exact) mass is 466 g/mol. The molecule has 4 N–H and O–H groups in total. The predicted octanol–water partition coefficient (Wildman–Crippen LogP) is 5.59. The van der Waals surface area contributed by atoms with Crippen molar-refractivity contribution in [2.75, 3.05) is 11.5 Å². The van der Waals surface area contributed by atoms with Gasteiger partial charge < -0.3 is 16.2 Å². The quantitative estimate of drug-likeness (QED) is 0.412. The average Bonchev–Trinajstić information content (AvgIpc) is 2.61. The summed E-state index contributed by atoms with van der Waals surface area (Å²) in [6, 6.07) is 8.35. The van der Waals surface area contributed by atoms with Crippen molar-refractivity contribution in [1.82, 2.24) is 0 Å². The minimum absolute atomic E-state index is 0.158. The minimum Gasteiger partial charge on any atom is -0.428 e.